The predicted octanol–water partition coefficient (Wildman–Crippen LogP) is 4.53. The van der Waals surface area contributed by atoms with Gasteiger partial charge in [-0.15, -0.1) is 0 Å². The molecule has 0 amide bonds. The van der Waals surface area contributed by atoms with Crippen molar-refractivity contribution in [2.24, 2.45) is 0 Å². The van der Waals surface area contributed by atoms with Gasteiger partial charge in [0, 0.05) is 12.1 Å². The topological polar surface area (TPSA) is 80.4 Å². The lowest BCUT2D eigenvalue weighted by Gasteiger charge is -2.05. The van der Waals surface area contributed by atoms with Crippen molar-refractivity contribution in [2.45, 2.75) is 0 Å². The van der Waals surface area contributed by atoms with Crippen molar-refractivity contribution < 1.29 is 14.8 Å². The van der Waals surface area contributed by atoms with E-state index in [4.69, 9.17) is 23.2 Å². The second kappa shape index (κ2) is 6.60. The summed E-state index contributed by atoms with van der Waals surface area (Å²) in [5.74, 6) is -1.18. The number of halogens is 2. The first kappa shape index (κ1) is 16.0. The van der Waals surface area contributed by atoms with Gasteiger partial charge in [-0.1, -0.05) is 41.4 Å². The minimum absolute atomic E-state index is 0.0425. The smallest absolute Gasteiger partial charge is 0.336 e. The van der Waals surface area contributed by atoms with E-state index in [1.807, 2.05) is 0 Å². The van der Waals surface area contributed by atoms with E-state index < -0.39 is 10.9 Å². The van der Waals surface area contributed by atoms with Crippen LogP contribution in [0.25, 0.3) is 11.6 Å². The van der Waals surface area contributed by atoms with Crippen molar-refractivity contribution in [1.29, 1.82) is 0 Å². The Bertz CT molecular complexity index is 787. The number of nitrogens with zero attached hydrogens (tertiary/aromatic N) is 1. The van der Waals surface area contributed by atoms with Crippen LogP contribution in [0.3, 0.4) is 0 Å². The Morgan fingerprint density at radius 3 is 2.45 bits per heavy atom. The first-order chi connectivity index (χ1) is 10.4. The van der Waals surface area contributed by atoms with Gasteiger partial charge in [0.2, 0.25) is 0 Å². The molecule has 0 saturated heterocycles. The van der Waals surface area contributed by atoms with Gasteiger partial charge in [-0.3, -0.25) is 10.1 Å². The van der Waals surface area contributed by atoms with Crippen molar-refractivity contribution in [3.63, 3.8) is 0 Å². The van der Waals surface area contributed by atoms with Gasteiger partial charge in [0.1, 0.15) is 0 Å². The normalized spacial score (nSPS) is 11.3. The third kappa shape index (κ3) is 3.63. The van der Waals surface area contributed by atoms with Crippen LogP contribution in [-0.2, 0) is 4.79 Å². The lowest BCUT2D eigenvalue weighted by atomic mass is 10.0. The van der Waals surface area contributed by atoms with Crippen LogP contribution in [0, 0.1) is 10.1 Å². The summed E-state index contributed by atoms with van der Waals surface area (Å²) >= 11 is 11.7. The molecule has 0 aliphatic heterocycles. The van der Waals surface area contributed by atoms with Gasteiger partial charge in [-0.25, -0.2) is 4.79 Å². The average Bonchev–Trinajstić information content (AvgIpc) is 2.48. The van der Waals surface area contributed by atoms with E-state index in [0.717, 1.165) is 0 Å². The monoisotopic (exact) mass is 337 g/mol. The van der Waals surface area contributed by atoms with E-state index in [1.54, 1.807) is 6.07 Å². The molecule has 112 valence electrons. The number of rotatable bonds is 4. The Morgan fingerprint density at radius 2 is 1.86 bits per heavy atom. The number of nitro groups is 1. The van der Waals surface area contributed by atoms with Gasteiger partial charge in [0.05, 0.1) is 20.5 Å². The summed E-state index contributed by atoms with van der Waals surface area (Å²) in [4.78, 5) is 21.7. The molecule has 2 aromatic carbocycles. The molecule has 0 atom stereocenters. The van der Waals surface area contributed by atoms with E-state index in [-0.39, 0.29) is 16.3 Å². The molecule has 5 nitrogen and oxygen atoms in total. The maximum atomic E-state index is 11.4. The summed E-state index contributed by atoms with van der Waals surface area (Å²) in [6, 6.07) is 10.1. The molecule has 0 spiro atoms. The number of carboxylic acids is 1. The lowest BCUT2D eigenvalue weighted by Crippen LogP contribution is -2.00. The molecule has 0 aromatic heterocycles. The van der Waals surface area contributed by atoms with Crippen LogP contribution in [-0.4, -0.2) is 16.0 Å². The van der Waals surface area contributed by atoms with E-state index in [1.165, 1.54) is 42.5 Å². The molecule has 0 aliphatic carbocycles. The van der Waals surface area contributed by atoms with E-state index in [9.17, 15) is 20.0 Å². The SMILES string of the molecule is O=C(O)C(=Cc1cccc([N+](=O)[O-])c1)c1ccc(Cl)c(Cl)c1. The van der Waals surface area contributed by atoms with Crippen LogP contribution >= 0.6 is 23.2 Å². The Balaban J connectivity index is 2.52. The molecule has 0 unspecified atom stereocenters. The molecule has 0 saturated carbocycles. The lowest BCUT2D eigenvalue weighted by molar-refractivity contribution is -0.384. The highest BCUT2D eigenvalue weighted by Crippen LogP contribution is 2.28. The second-order valence-corrected chi connectivity index (χ2v) is 5.16. The molecule has 2 rings (SSSR count). The highest BCUT2D eigenvalue weighted by atomic mass is 35.5. The molecular weight excluding hydrogens is 329 g/mol. The Morgan fingerprint density at radius 1 is 1.14 bits per heavy atom. The average molecular weight is 338 g/mol. The Labute approximate surface area is 135 Å². The fraction of sp³-hybridized carbons (Fsp3) is 0. The van der Waals surface area contributed by atoms with Gasteiger partial charge < -0.3 is 5.11 Å². The molecule has 0 fully saturated rings. The van der Waals surface area contributed by atoms with Crippen LogP contribution < -0.4 is 0 Å². The van der Waals surface area contributed by atoms with Gasteiger partial charge in [-0.2, -0.15) is 0 Å². The minimum Gasteiger partial charge on any atom is -0.478 e. The van der Waals surface area contributed by atoms with Crippen LogP contribution in [0.5, 0.6) is 0 Å². The molecule has 7 heteroatoms. The van der Waals surface area contributed by atoms with Crippen LogP contribution in [0.1, 0.15) is 11.1 Å². The number of non-ortho nitro benzene ring substituents is 1. The number of carbonyl (C=O) groups is 1. The van der Waals surface area contributed by atoms with Gasteiger partial charge in [-0.05, 0) is 29.3 Å². The fourth-order valence-electron chi connectivity index (χ4n) is 1.83. The van der Waals surface area contributed by atoms with Gasteiger partial charge >= 0.3 is 5.97 Å². The second-order valence-electron chi connectivity index (χ2n) is 4.34. The Hall–Kier alpha value is -2.37. The summed E-state index contributed by atoms with van der Waals surface area (Å²) in [7, 11) is 0. The summed E-state index contributed by atoms with van der Waals surface area (Å²) in [6.07, 6.45) is 1.34. The number of hydrogen-bond acceptors (Lipinski definition) is 3. The largest absolute Gasteiger partial charge is 0.478 e. The minimum atomic E-state index is -1.18. The molecule has 0 aliphatic rings. The maximum Gasteiger partial charge on any atom is 0.336 e. The highest BCUT2D eigenvalue weighted by Gasteiger charge is 2.13. The zero-order valence-corrected chi connectivity index (χ0v) is 12.5. The zero-order valence-electron chi connectivity index (χ0n) is 11.0. The molecule has 2 aromatic rings. The molecule has 22 heavy (non-hydrogen) atoms. The van der Waals surface area contributed by atoms with Crippen molar-refractivity contribution in [3.05, 3.63) is 73.8 Å². The van der Waals surface area contributed by atoms with Crippen LogP contribution in [0.4, 0.5) is 5.69 Å². The third-order valence-corrected chi connectivity index (χ3v) is 3.59. The molecule has 0 radical (unpaired) electrons. The number of carboxylic acid groups (broad SMARTS) is 1. The molecule has 1 N–H and O–H groups in total. The standard InChI is InChI=1S/C15H9Cl2NO4/c16-13-5-4-10(8-14(13)17)12(15(19)20)7-9-2-1-3-11(6-9)18(21)22/h1-8H,(H,19,20). The fourth-order valence-corrected chi connectivity index (χ4v) is 2.13. The summed E-state index contributed by atoms with van der Waals surface area (Å²) in [5, 5.41) is 20.6. The van der Waals surface area contributed by atoms with Crippen LogP contribution in [0.2, 0.25) is 10.0 Å². The van der Waals surface area contributed by atoms with Crippen molar-refractivity contribution in [2.75, 3.05) is 0 Å². The number of nitro benzene ring substituents is 1. The number of hydrogen-bond donors (Lipinski definition) is 1. The first-order valence-corrected chi connectivity index (χ1v) is 6.79. The van der Waals surface area contributed by atoms with E-state index >= 15 is 0 Å². The quantitative estimate of drug-likeness (QED) is 0.384. The molecule has 0 heterocycles. The van der Waals surface area contributed by atoms with Crippen molar-refractivity contribution >= 4 is 46.5 Å². The maximum absolute atomic E-state index is 11.4. The zero-order chi connectivity index (χ0) is 16.3. The summed E-state index contributed by atoms with van der Waals surface area (Å²) < 4.78 is 0. The van der Waals surface area contributed by atoms with Gasteiger partial charge in [0.15, 0.2) is 0 Å². The third-order valence-electron chi connectivity index (χ3n) is 2.85. The predicted molar refractivity (Wildman–Crippen MR) is 85.1 cm³/mol. The molecular formula is C15H9Cl2NO4. The first-order valence-electron chi connectivity index (χ1n) is 6.03. The van der Waals surface area contributed by atoms with E-state index in [2.05, 4.69) is 0 Å². The summed E-state index contributed by atoms with van der Waals surface area (Å²) in [6.45, 7) is 0. The van der Waals surface area contributed by atoms with E-state index in [0.29, 0.717) is 16.1 Å². The van der Waals surface area contributed by atoms with Crippen molar-refractivity contribution in [1.82, 2.24) is 0 Å². The van der Waals surface area contributed by atoms with Crippen LogP contribution in [0.15, 0.2) is 42.5 Å². The number of aliphatic carboxylic acids is 1. The number of benzene rings is 2. The molecule has 0 bridgehead atoms. The summed E-state index contributed by atoms with van der Waals surface area (Å²) in [5.41, 5.74) is 0.595. The highest BCUT2D eigenvalue weighted by molar-refractivity contribution is 6.42. The van der Waals surface area contributed by atoms with Gasteiger partial charge in [0.25, 0.3) is 5.69 Å². The van der Waals surface area contributed by atoms with Crippen molar-refractivity contribution in [3.8, 4) is 0 Å². The Kier molecular flexibility index (Phi) is 4.80.